The summed E-state index contributed by atoms with van der Waals surface area (Å²) in [4.78, 5) is 28.0. The molecule has 1 heterocycles. The summed E-state index contributed by atoms with van der Waals surface area (Å²) < 4.78 is 0. The fourth-order valence-corrected chi connectivity index (χ4v) is 6.74. The molecule has 0 spiro atoms. The summed E-state index contributed by atoms with van der Waals surface area (Å²) in [5, 5.41) is 0. The van der Waals surface area contributed by atoms with E-state index in [9.17, 15) is 9.59 Å². The van der Waals surface area contributed by atoms with Crippen LogP contribution in [0.3, 0.4) is 0 Å². The van der Waals surface area contributed by atoms with Gasteiger partial charge in [0, 0.05) is 32.0 Å². The maximum atomic E-state index is 12.6. The molecule has 1 aliphatic heterocycles. The maximum absolute atomic E-state index is 12.6. The number of hydrogen-bond donors (Lipinski definition) is 0. The van der Waals surface area contributed by atoms with Gasteiger partial charge in [-0.25, -0.2) is 0 Å². The zero-order chi connectivity index (χ0) is 27.4. The van der Waals surface area contributed by atoms with Gasteiger partial charge in [-0.15, -0.1) is 0 Å². The lowest BCUT2D eigenvalue weighted by Gasteiger charge is -2.22. The molecule has 39 heavy (non-hydrogen) atoms. The topological polar surface area (TPSA) is 34.1 Å². The highest BCUT2D eigenvalue weighted by Gasteiger charge is 2.29. The van der Waals surface area contributed by atoms with Crippen LogP contribution in [0.15, 0.2) is 88.7 Å². The molecule has 0 aromatic heterocycles. The molecule has 0 amide bonds. The number of hydrogen-bond acceptors (Lipinski definition) is 3. The third-order valence-electron chi connectivity index (χ3n) is 7.72. The molecule has 0 bridgehead atoms. The number of unbranched alkanes of at least 4 members (excludes halogenated alkanes) is 2. The highest BCUT2D eigenvalue weighted by Crippen LogP contribution is 2.42. The molecule has 6 rings (SSSR count). The second-order valence-electron chi connectivity index (χ2n) is 10.4. The molecule has 0 atom stereocenters. The van der Waals surface area contributed by atoms with Crippen LogP contribution in [0.25, 0.3) is 0 Å². The smallest absolute Gasteiger partial charge is 0.194 e. The van der Waals surface area contributed by atoms with Crippen molar-refractivity contribution in [3.8, 4) is 0 Å². The van der Waals surface area contributed by atoms with E-state index in [4.69, 9.17) is 0 Å². The van der Waals surface area contributed by atoms with Crippen LogP contribution in [0.4, 0.5) is 0 Å². The Kier molecular flexibility index (Phi) is 8.47. The summed E-state index contributed by atoms with van der Waals surface area (Å²) >= 11 is 1.95. The van der Waals surface area contributed by atoms with Crippen LogP contribution >= 0.6 is 11.8 Å². The van der Waals surface area contributed by atoms with Gasteiger partial charge >= 0.3 is 0 Å². The first-order chi connectivity index (χ1) is 19.0. The van der Waals surface area contributed by atoms with Crippen molar-refractivity contribution < 1.29 is 9.59 Å². The van der Waals surface area contributed by atoms with Crippen molar-refractivity contribution in [1.29, 1.82) is 0 Å². The zero-order valence-corrected chi connectivity index (χ0v) is 24.0. The monoisotopic (exact) mass is 532 g/mol. The van der Waals surface area contributed by atoms with Crippen LogP contribution in [0.2, 0.25) is 0 Å². The summed E-state index contributed by atoms with van der Waals surface area (Å²) in [6.45, 7) is 6.67. The van der Waals surface area contributed by atoms with Crippen LogP contribution in [0.1, 0.15) is 99.7 Å². The normalized spacial score (nSPS) is 13.0. The Morgan fingerprint density at radius 1 is 0.641 bits per heavy atom. The minimum Gasteiger partial charge on any atom is -0.289 e. The van der Waals surface area contributed by atoms with E-state index in [2.05, 4.69) is 57.2 Å². The summed E-state index contributed by atoms with van der Waals surface area (Å²) in [6, 6.07) is 26.4. The number of aryl methyl sites for hydroxylation is 3. The third kappa shape index (κ3) is 5.65. The van der Waals surface area contributed by atoms with Gasteiger partial charge in [-0.05, 0) is 72.1 Å². The summed E-state index contributed by atoms with van der Waals surface area (Å²) in [6.07, 6.45) is 7.80. The quantitative estimate of drug-likeness (QED) is 0.201. The van der Waals surface area contributed by atoms with Gasteiger partial charge in [0.15, 0.2) is 11.6 Å². The van der Waals surface area contributed by atoms with E-state index in [0.717, 1.165) is 37.7 Å². The molecule has 0 unspecified atom stereocenters. The van der Waals surface area contributed by atoms with Gasteiger partial charge < -0.3 is 0 Å². The molecule has 0 radical (unpaired) electrons. The van der Waals surface area contributed by atoms with E-state index in [0.29, 0.717) is 22.3 Å². The van der Waals surface area contributed by atoms with E-state index in [1.54, 1.807) is 24.3 Å². The first-order valence-corrected chi connectivity index (χ1v) is 15.1. The van der Waals surface area contributed by atoms with E-state index < -0.39 is 0 Å². The lowest BCUT2D eigenvalue weighted by molar-refractivity contribution is 0.0979. The lowest BCUT2D eigenvalue weighted by atomic mass is 9.83. The first-order valence-electron chi connectivity index (χ1n) is 14.3. The molecular weight excluding hydrogens is 496 g/mol. The molecule has 198 valence electrons. The number of carbonyl (C=O) groups is 2. The molecule has 0 saturated carbocycles. The molecule has 4 aromatic carbocycles. The van der Waals surface area contributed by atoms with Crippen LogP contribution in [0.5, 0.6) is 0 Å². The van der Waals surface area contributed by atoms with E-state index in [1.807, 2.05) is 30.0 Å². The minimum atomic E-state index is -0.0414. The Labute approximate surface area is 236 Å². The van der Waals surface area contributed by atoms with Crippen molar-refractivity contribution in [3.05, 3.63) is 129 Å². The van der Waals surface area contributed by atoms with Gasteiger partial charge in [0.1, 0.15) is 0 Å². The Balaban J connectivity index is 0.000000160. The van der Waals surface area contributed by atoms with E-state index in [-0.39, 0.29) is 11.6 Å². The number of fused-ring (bicyclic) bond motifs is 4. The number of carbonyl (C=O) groups excluding carboxylic acids is 2. The molecular formula is C36H36O2S. The zero-order valence-electron chi connectivity index (χ0n) is 23.2. The molecule has 0 N–H and O–H groups in total. The fourth-order valence-electron chi connectivity index (χ4n) is 5.50. The predicted octanol–water partition coefficient (Wildman–Crippen LogP) is 9.06. The Bertz CT molecular complexity index is 1530. The number of benzene rings is 4. The second-order valence-corrected chi connectivity index (χ2v) is 11.4. The van der Waals surface area contributed by atoms with E-state index >= 15 is 0 Å². The Hall–Kier alpha value is -3.43. The summed E-state index contributed by atoms with van der Waals surface area (Å²) in [7, 11) is 0. The molecule has 2 aliphatic rings. The van der Waals surface area contributed by atoms with Crippen molar-refractivity contribution in [2.45, 2.75) is 75.5 Å². The SMILES string of the molecule is CCCCCc1ccc2c(c1)C(=O)c1ccccc1C2=O.CCc1cc(CC)c2c(c1)Cc1ccccc1S2. The largest absolute Gasteiger partial charge is 0.289 e. The molecule has 1 aliphatic carbocycles. The molecule has 0 saturated heterocycles. The Morgan fingerprint density at radius 3 is 2.05 bits per heavy atom. The molecule has 0 fully saturated rings. The average molecular weight is 533 g/mol. The second kappa shape index (κ2) is 12.2. The van der Waals surface area contributed by atoms with Gasteiger partial charge in [-0.2, -0.15) is 0 Å². The third-order valence-corrected chi connectivity index (χ3v) is 9.06. The van der Waals surface area contributed by atoms with Crippen molar-refractivity contribution in [1.82, 2.24) is 0 Å². The Morgan fingerprint density at radius 2 is 1.33 bits per heavy atom. The highest BCUT2D eigenvalue weighted by molar-refractivity contribution is 7.99. The number of ketones is 2. The van der Waals surface area contributed by atoms with Crippen LogP contribution in [-0.2, 0) is 25.7 Å². The molecule has 4 aromatic rings. The highest BCUT2D eigenvalue weighted by atomic mass is 32.2. The van der Waals surface area contributed by atoms with Crippen LogP contribution in [-0.4, -0.2) is 11.6 Å². The van der Waals surface area contributed by atoms with Crippen molar-refractivity contribution in [2.75, 3.05) is 0 Å². The van der Waals surface area contributed by atoms with Crippen LogP contribution < -0.4 is 0 Å². The lowest BCUT2D eigenvalue weighted by Crippen LogP contribution is -2.20. The first kappa shape index (κ1) is 27.1. The minimum absolute atomic E-state index is 0.0301. The average Bonchev–Trinajstić information content (AvgIpc) is 2.98. The fraction of sp³-hybridized carbons (Fsp3) is 0.278. The van der Waals surface area contributed by atoms with Crippen molar-refractivity contribution in [2.24, 2.45) is 0 Å². The van der Waals surface area contributed by atoms with Gasteiger partial charge in [-0.1, -0.05) is 112 Å². The number of rotatable bonds is 6. The van der Waals surface area contributed by atoms with Crippen molar-refractivity contribution >= 4 is 23.3 Å². The van der Waals surface area contributed by atoms with Gasteiger partial charge in [0.2, 0.25) is 0 Å². The predicted molar refractivity (Wildman–Crippen MR) is 162 cm³/mol. The van der Waals surface area contributed by atoms with Crippen molar-refractivity contribution in [3.63, 3.8) is 0 Å². The summed E-state index contributed by atoms with van der Waals surface area (Å²) in [5.74, 6) is -0.0714. The molecule has 2 nitrogen and oxygen atoms in total. The van der Waals surface area contributed by atoms with Gasteiger partial charge in [0.25, 0.3) is 0 Å². The maximum Gasteiger partial charge on any atom is 0.194 e. The van der Waals surface area contributed by atoms with Crippen LogP contribution in [0, 0.1) is 0 Å². The molecule has 3 heteroatoms. The standard InChI is InChI=1S/C19H18O2.C17H18S/c1-2-3-4-7-13-10-11-16-17(12-13)19(21)15-9-6-5-8-14(15)18(16)20;1-3-12-9-13(4-2)17-15(10-12)11-14-7-5-6-8-16(14)18-17/h5-6,8-12H,2-4,7H2,1H3;5-10H,3-4,11H2,1-2H3. The van der Waals surface area contributed by atoms with Gasteiger partial charge in [0.05, 0.1) is 0 Å². The van der Waals surface area contributed by atoms with Gasteiger partial charge in [-0.3, -0.25) is 9.59 Å². The summed E-state index contributed by atoms with van der Waals surface area (Å²) in [5.41, 5.74) is 9.29. The van der Waals surface area contributed by atoms with E-state index in [1.165, 1.54) is 44.9 Å².